The molecule has 0 radical (unpaired) electrons. The largest absolute Gasteiger partial charge is 0.481 e. The number of aryl methyl sites for hydroxylation is 2. The van der Waals surface area contributed by atoms with Gasteiger partial charge < -0.3 is 15.2 Å². The molecule has 0 bridgehead atoms. The highest BCUT2D eigenvalue weighted by Crippen LogP contribution is 2.16. The van der Waals surface area contributed by atoms with Crippen LogP contribution in [-0.2, 0) is 23.1 Å². The van der Waals surface area contributed by atoms with Crippen molar-refractivity contribution in [3.05, 3.63) is 29.7 Å². The highest BCUT2D eigenvalue weighted by Gasteiger charge is 2.20. The van der Waals surface area contributed by atoms with E-state index < -0.39 is 17.8 Å². The highest BCUT2D eigenvalue weighted by molar-refractivity contribution is 6.06. The Hall–Kier alpha value is -3.17. The Bertz CT molecular complexity index is 763. The van der Waals surface area contributed by atoms with Crippen molar-refractivity contribution in [3.8, 4) is 0 Å². The third-order valence-electron chi connectivity index (χ3n) is 3.09. The smallest absolute Gasteiger partial charge is 0.343 e. The van der Waals surface area contributed by atoms with E-state index >= 15 is 0 Å². The monoisotopic (exact) mass is 335 g/mol. The normalized spacial score (nSPS) is 10.4. The summed E-state index contributed by atoms with van der Waals surface area (Å²) in [6.45, 7) is 2.04. The molecular formula is C14H17N5O5. The topological polar surface area (TPSA) is 128 Å². The average molecular weight is 335 g/mol. The molecule has 0 aliphatic heterocycles. The number of carbonyl (C=O) groups is 3. The number of hydrogen-bond acceptors (Lipinski definition) is 6. The number of rotatable bonds is 7. The number of ether oxygens (including phenoxy) is 1. The predicted octanol–water partition coefficient (Wildman–Crippen LogP) is 0.520. The van der Waals surface area contributed by atoms with Gasteiger partial charge in [-0.25, -0.2) is 4.79 Å². The summed E-state index contributed by atoms with van der Waals surface area (Å²) >= 11 is 0. The minimum atomic E-state index is -0.953. The molecule has 0 unspecified atom stereocenters. The van der Waals surface area contributed by atoms with Gasteiger partial charge in [0, 0.05) is 13.2 Å². The van der Waals surface area contributed by atoms with Gasteiger partial charge in [-0.05, 0) is 13.0 Å². The molecule has 10 heteroatoms. The van der Waals surface area contributed by atoms with E-state index in [-0.39, 0.29) is 36.6 Å². The van der Waals surface area contributed by atoms with E-state index in [9.17, 15) is 14.4 Å². The predicted molar refractivity (Wildman–Crippen MR) is 81.6 cm³/mol. The van der Waals surface area contributed by atoms with Crippen molar-refractivity contribution in [2.24, 2.45) is 7.05 Å². The van der Waals surface area contributed by atoms with Gasteiger partial charge in [-0.2, -0.15) is 10.2 Å². The molecule has 0 saturated carbocycles. The molecule has 0 aliphatic rings. The zero-order valence-corrected chi connectivity index (χ0v) is 13.2. The number of amides is 1. The van der Waals surface area contributed by atoms with Crippen LogP contribution in [0.4, 0.5) is 5.82 Å². The first kappa shape index (κ1) is 17.2. The van der Waals surface area contributed by atoms with E-state index in [0.29, 0.717) is 0 Å². The number of carboxylic acids is 1. The van der Waals surface area contributed by atoms with Crippen molar-refractivity contribution in [1.82, 2.24) is 19.6 Å². The Morgan fingerprint density at radius 1 is 1.38 bits per heavy atom. The first-order chi connectivity index (χ1) is 11.4. The summed E-state index contributed by atoms with van der Waals surface area (Å²) in [6.07, 6.45) is 2.71. The molecule has 2 aromatic heterocycles. The van der Waals surface area contributed by atoms with Gasteiger partial charge in [-0.15, -0.1) is 0 Å². The summed E-state index contributed by atoms with van der Waals surface area (Å²) in [4.78, 5) is 34.6. The van der Waals surface area contributed by atoms with Crippen LogP contribution < -0.4 is 5.32 Å². The van der Waals surface area contributed by atoms with Crippen LogP contribution in [0.1, 0.15) is 34.2 Å². The van der Waals surface area contributed by atoms with Gasteiger partial charge in [0.25, 0.3) is 5.91 Å². The quantitative estimate of drug-likeness (QED) is 0.706. The lowest BCUT2D eigenvalue weighted by atomic mass is 10.3. The molecule has 0 spiro atoms. The molecule has 1 amide bonds. The molecule has 2 heterocycles. The number of hydrogen-bond donors (Lipinski definition) is 2. The second-order valence-electron chi connectivity index (χ2n) is 4.81. The fourth-order valence-electron chi connectivity index (χ4n) is 1.93. The lowest BCUT2D eigenvalue weighted by Gasteiger charge is -2.07. The Morgan fingerprint density at radius 3 is 2.79 bits per heavy atom. The molecule has 10 nitrogen and oxygen atoms in total. The standard InChI is InChI=1S/C14H17N5O5/c1-3-24-14(23)9-8-15-18(2)12(9)16-13(22)10-4-6-19(17-10)7-5-11(20)21/h4,6,8H,3,5,7H2,1-2H3,(H,16,22)(H,20,21). The maximum Gasteiger partial charge on any atom is 0.343 e. The third kappa shape index (κ3) is 3.97. The number of aliphatic carboxylic acids is 1. The number of anilines is 1. The summed E-state index contributed by atoms with van der Waals surface area (Å²) in [5.41, 5.74) is 0.231. The van der Waals surface area contributed by atoms with Crippen LogP contribution in [0, 0.1) is 0 Å². The number of carboxylic acid groups (broad SMARTS) is 1. The molecule has 24 heavy (non-hydrogen) atoms. The molecule has 0 aliphatic carbocycles. The van der Waals surface area contributed by atoms with Crippen molar-refractivity contribution < 1.29 is 24.2 Å². The fourth-order valence-corrected chi connectivity index (χ4v) is 1.93. The van der Waals surface area contributed by atoms with Crippen LogP contribution >= 0.6 is 0 Å². The van der Waals surface area contributed by atoms with E-state index in [0.717, 1.165) is 0 Å². The van der Waals surface area contributed by atoms with Gasteiger partial charge in [0.2, 0.25) is 0 Å². The van der Waals surface area contributed by atoms with Crippen molar-refractivity contribution in [2.45, 2.75) is 19.9 Å². The number of carbonyl (C=O) groups excluding carboxylic acids is 2. The third-order valence-corrected chi connectivity index (χ3v) is 3.09. The van der Waals surface area contributed by atoms with Gasteiger partial charge >= 0.3 is 11.9 Å². The zero-order valence-electron chi connectivity index (χ0n) is 13.2. The Labute approximate surface area is 137 Å². The highest BCUT2D eigenvalue weighted by atomic mass is 16.5. The number of esters is 1. The summed E-state index contributed by atoms with van der Waals surface area (Å²) in [5, 5.41) is 19.1. The second kappa shape index (κ2) is 7.40. The maximum absolute atomic E-state index is 12.3. The van der Waals surface area contributed by atoms with Gasteiger partial charge in [-0.1, -0.05) is 0 Å². The van der Waals surface area contributed by atoms with Gasteiger partial charge in [0.1, 0.15) is 11.4 Å². The first-order valence-corrected chi connectivity index (χ1v) is 7.18. The Morgan fingerprint density at radius 2 is 2.12 bits per heavy atom. The van der Waals surface area contributed by atoms with Gasteiger partial charge in [0.05, 0.1) is 25.8 Å². The molecule has 2 rings (SSSR count). The number of nitrogens with zero attached hydrogens (tertiary/aromatic N) is 4. The summed E-state index contributed by atoms with van der Waals surface area (Å²) in [7, 11) is 1.57. The van der Waals surface area contributed by atoms with Crippen molar-refractivity contribution in [3.63, 3.8) is 0 Å². The van der Waals surface area contributed by atoms with E-state index in [2.05, 4.69) is 15.5 Å². The molecule has 2 aromatic rings. The first-order valence-electron chi connectivity index (χ1n) is 7.18. The van der Waals surface area contributed by atoms with Crippen molar-refractivity contribution in [1.29, 1.82) is 0 Å². The minimum Gasteiger partial charge on any atom is -0.481 e. The summed E-state index contributed by atoms with van der Waals surface area (Å²) in [6, 6.07) is 1.46. The zero-order chi connectivity index (χ0) is 17.7. The lowest BCUT2D eigenvalue weighted by Crippen LogP contribution is -2.18. The van der Waals surface area contributed by atoms with Crippen molar-refractivity contribution >= 4 is 23.7 Å². The Kier molecular flexibility index (Phi) is 5.30. The van der Waals surface area contributed by atoms with E-state index in [1.165, 1.54) is 27.8 Å². The van der Waals surface area contributed by atoms with E-state index in [1.54, 1.807) is 14.0 Å². The van der Waals surface area contributed by atoms with Crippen LogP contribution in [0.5, 0.6) is 0 Å². The molecule has 128 valence electrons. The molecule has 2 N–H and O–H groups in total. The lowest BCUT2D eigenvalue weighted by molar-refractivity contribution is -0.137. The van der Waals surface area contributed by atoms with Gasteiger partial charge in [0.15, 0.2) is 5.69 Å². The SMILES string of the molecule is CCOC(=O)c1cnn(C)c1NC(=O)c1ccn(CCC(=O)O)n1. The average Bonchev–Trinajstić information content (AvgIpc) is 3.13. The van der Waals surface area contributed by atoms with Crippen LogP contribution in [0.2, 0.25) is 0 Å². The minimum absolute atomic E-state index is 0.0939. The van der Waals surface area contributed by atoms with Crippen LogP contribution in [0.15, 0.2) is 18.5 Å². The molecule has 0 saturated heterocycles. The second-order valence-corrected chi connectivity index (χ2v) is 4.81. The molecule has 0 aromatic carbocycles. The molecule has 0 atom stereocenters. The number of nitrogens with one attached hydrogen (secondary N) is 1. The van der Waals surface area contributed by atoms with Crippen LogP contribution in [-0.4, -0.2) is 49.1 Å². The van der Waals surface area contributed by atoms with Crippen LogP contribution in [0.25, 0.3) is 0 Å². The van der Waals surface area contributed by atoms with E-state index in [4.69, 9.17) is 9.84 Å². The van der Waals surface area contributed by atoms with Gasteiger partial charge in [-0.3, -0.25) is 19.0 Å². The van der Waals surface area contributed by atoms with E-state index in [1.807, 2.05) is 0 Å². The molecule has 0 fully saturated rings. The summed E-state index contributed by atoms with van der Waals surface area (Å²) < 4.78 is 7.61. The molecular weight excluding hydrogens is 318 g/mol. The fraction of sp³-hybridized carbons (Fsp3) is 0.357. The van der Waals surface area contributed by atoms with Crippen LogP contribution in [0.3, 0.4) is 0 Å². The summed E-state index contributed by atoms with van der Waals surface area (Å²) in [5.74, 6) is -1.89. The Balaban J connectivity index is 2.11. The maximum atomic E-state index is 12.3. The van der Waals surface area contributed by atoms with Crippen molar-refractivity contribution in [2.75, 3.05) is 11.9 Å². The number of aromatic nitrogens is 4.